The Hall–Kier alpha value is -3.17. The Kier molecular flexibility index (Phi) is 5.67. The first-order valence-corrected chi connectivity index (χ1v) is 12.5. The smallest absolute Gasteiger partial charge is 0.263 e. The molecule has 0 spiro atoms. The maximum absolute atomic E-state index is 13.3. The summed E-state index contributed by atoms with van der Waals surface area (Å²) in [6.07, 6.45) is 5.36. The summed E-state index contributed by atoms with van der Waals surface area (Å²) in [7, 11) is -3.79. The van der Waals surface area contributed by atoms with Crippen molar-refractivity contribution in [1.82, 2.24) is 9.97 Å². The number of carbonyl (C=O) groups excluding carboxylic acids is 1. The van der Waals surface area contributed by atoms with Crippen molar-refractivity contribution in [2.45, 2.75) is 30.2 Å². The summed E-state index contributed by atoms with van der Waals surface area (Å²) in [6.45, 7) is 1.40. The first-order chi connectivity index (χ1) is 15.9. The molecule has 0 saturated carbocycles. The van der Waals surface area contributed by atoms with Crippen LogP contribution >= 0.6 is 11.6 Å². The number of amides is 1. The largest absolute Gasteiger partial charge is 0.359 e. The fourth-order valence-corrected chi connectivity index (χ4v) is 5.68. The molecule has 3 heterocycles. The highest BCUT2D eigenvalue weighted by molar-refractivity contribution is 7.92. The molecule has 1 unspecified atom stereocenters. The van der Waals surface area contributed by atoms with Gasteiger partial charge in [0.05, 0.1) is 4.90 Å². The van der Waals surface area contributed by atoms with Crippen LogP contribution in [0.4, 0.5) is 17.2 Å². The second-order valence-corrected chi connectivity index (χ2v) is 10.2. The number of fused-ring (bicyclic) bond motifs is 1. The minimum atomic E-state index is -3.79. The Labute approximate surface area is 197 Å². The van der Waals surface area contributed by atoms with Crippen LogP contribution in [-0.4, -0.2) is 43.4 Å². The van der Waals surface area contributed by atoms with Crippen LogP contribution in [0.5, 0.6) is 0 Å². The van der Waals surface area contributed by atoms with Gasteiger partial charge in [-0.25, -0.2) is 18.4 Å². The van der Waals surface area contributed by atoms with E-state index in [9.17, 15) is 13.2 Å². The van der Waals surface area contributed by atoms with Crippen LogP contribution in [-0.2, 0) is 21.2 Å². The predicted octanol–water partition coefficient (Wildman–Crippen LogP) is 3.49. The van der Waals surface area contributed by atoms with Crippen LogP contribution in [0, 0.1) is 0 Å². The molecular formula is C23H22ClN5O3S. The maximum Gasteiger partial charge on any atom is 0.263 e. The number of hydrogen-bond acceptors (Lipinski definition) is 6. The first kappa shape index (κ1) is 21.7. The van der Waals surface area contributed by atoms with E-state index in [0.717, 1.165) is 25.1 Å². The molecule has 33 heavy (non-hydrogen) atoms. The van der Waals surface area contributed by atoms with Gasteiger partial charge in [-0.1, -0.05) is 11.6 Å². The van der Waals surface area contributed by atoms with E-state index in [-0.39, 0.29) is 22.7 Å². The molecule has 8 nitrogen and oxygen atoms in total. The fraction of sp³-hybridized carbons (Fsp3) is 0.261. The van der Waals surface area contributed by atoms with Gasteiger partial charge >= 0.3 is 0 Å². The van der Waals surface area contributed by atoms with Crippen LogP contribution in [0.25, 0.3) is 0 Å². The summed E-state index contributed by atoms with van der Waals surface area (Å²) in [5, 5.41) is 0.708. The van der Waals surface area contributed by atoms with Gasteiger partial charge in [-0.2, -0.15) is 0 Å². The van der Waals surface area contributed by atoms with Gasteiger partial charge < -0.3 is 9.80 Å². The lowest BCUT2D eigenvalue weighted by atomic mass is 9.99. The molecule has 1 amide bonds. The molecule has 170 valence electrons. The van der Waals surface area contributed by atoms with Crippen molar-refractivity contribution in [2.75, 3.05) is 27.6 Å². The Balaban J connectivity index is 1.33. The van der Waals surface area contributed by atoms with Crippen LogP contribution in [0.15, 0.2) is 66.0 Å². The van der Waals surface area contributed by atoms with E-state index in [1.165, 1.54) is 36.3 Å². The molecule has 2 aliphatic heterocycles. The van der Waals surface area contributed by atoms with Crippen molar-refractivity contribution in [3.8, 4) is 0 Å². The molecular weight excluding hydrogens is 462 g/mol. The summed E-state index contributed by atoms with van der Waals surface area (Å²) in [5.41, 5.74) is 2.92. The van der Waals surface area contributed by atoms with Gasteiger partial charge in [0, 0.05) is 35.7 Å². The van der Waals surface area contributed by atoms with Crippen molar-refractivity contribution < 1.29 is 13.2 Å². The standard InChI is InChI=1S/C23H22ClN5O3S/c24-17-3-8-20-16(14-17)2-1-12-29(20)21-10-13-28(23(21)30)18-4-6-19(7-5-18)33(31,32)27-22-9-11-25-15-26-22/h3-9,11,14-15,21H,1-2,10,12-13H2,(H,25,26,27). The highest BCUT2D eigenvalue weighted by atomic mass is 35.5. The third kappa shape index (κ3) is 4.26. The minimum Gasteiger partial charge on any atom is -0.359 e. The maximum atomic E-state index is 13.3. The Morgan fingerprint density at radius 1 is 1.06 bits per heavy atom. The third-order valence-corrected chi connectivity index (χ3v) is 7.63. The Morgan fingerprint density at radius 3 is 2.64 bits per heavy atom. The van der Waals surface area contributed by atoms with Crippen molar-refractivity contribution in [3.05, 3.63) is 71.6 Å². The number of aromatic nitrogens is 2. The van der Waals surface area contributed by atoms with Gasteiger partial charge in [-0.05, 0) is 73.4 Å². The lowest BCUT2D eigenvalue weighted by Crippen LogP contribution is -2.44. The van der Waals surface area contributed by atoms with E-state index in [0.29, 0.717) is 23.7 Å². The van der Waals surface area contributed by atoms with Crippen molar-refractivity contribution in [1.29, 1.82) is 0 Å². The lowest BCUT2D eigenvalue weighted by molar-refractivity contribution is -0.118. The zero-order chi connectivity index (χ0) is 23.0. The summed E-state index contributed by atoms with van der Waals surface area (Å²) in [4.78, 5) is 25.0. The zero-order valence-electron chi connectivity index (χ0n) is 17.7. The molecule has 1 atom stereocenters. The molecule has 0 bridgehead atoms. The number of anilines is 3. The molecule has 3 aromatic rings. The van der Waals surface area contributed by atoms with E-state index in [1.54, 1.807) is 17.0 Å². The highest BCUT2D eigenvalue weighted by Crippen LogP contribution is 2.35. The molecule has 0 aliphatic carbocycles. The van der Waals surface area contributed by atoms with Gasteiger partial charge in [0.15, 0.2) is 0 Å². The predicted molar refractivity (Wildman–Crippen MR) is 127 cm³/mol. The Bertz CT molecular complexity index is 1290. The van der Waals surface area contributed by atoms with Crippen molar-refractivity contribution >= 4 is 44.7 Å². The van der Waals surface area contributed by atoms with Gasteiger partial charge in [-0.3, -0.25) is 9.52 Å². The number of aryl methyl sites for hydroxylation is 1. The first-order valence-electron chi connectivity index (χ1n) is 10.7. The quantitative estimate of drug-likeness (QED) is 0.596. The molecule has 10 heteroatoms. The van der Waals surface area contributed by atoms with Crippen LogP contribution in [0.2, 0.25) is 5.02 Å². The van der Waals surface area contributed by atoms with E-state index >= 15 is 0 Å². The number of rotatable bonds is 5. The van der Waals surface area contributed by atoms with Gasteiger partial charge in [0.1, 0.15) is 18.2 Å². The van der Waals surface area contributed by atoms with E-state index in [1.807, 2.05) is 18.2 Å². The average Bonchev–Trinajstić information content (AvgIpc) is 3.20. The second-order valence-electron chi connectivity index (χ2n) is 8.06. The summed E-state index contributed by atoms with van der Waals surface area (Å²) >= 11 is 6.16. The SMILES string of the molecule is O=C1C(N2CCCc3cc(Cl)ccc32)CCN1c1ccc(S(=O)(=O)Nc2ccncn2)cc1. The zero-order valence-corrected chi connectivity index (χ0v) is 19.3. The molecule has 0 radical (unpaired) electrons. The average molecular weight is 484 g/mol. The molecule has 2 aliphatic rings. The monoisotopic (exact) mass is 483 g/mol. The van der Waals surface area contributed by atoms with E-state index in [4.69, 9.17) is 11.6 Å². The molecule has 1 saturated heterocycles. The number of nitrogens with one attached hydrogen (secondary N) is 1. The van der Waals surface area contributed by atoms with E-state index < -0.39 is 10.0 Å². The third-order valence-electron chi connectivity index (χ3n) is 6.03. The molecule has 5 rings (SSSR count). The summed E-state index contributed by atoms with van der Waals surface area (Å²) < 4.78 is 27.7. The Morgan fingerprint density at radius 2 is 1.88 bits per heavy atom. The lowest BCUT2D eigenvalue weighted by Gasteiger charge is -2.35. The topological polar surface area (TPSA) is 95.5 Å². The minimum absolute atomic E-state index is 0.0208. The van der Waals surface area contributed by atoms with Crippen molar-refractivity contribution in [3.63, 3.8) is 0 Å². The summed E-state index contributed by atoms with van der Waals surface area (Å²) in [6, 6.07) is 13.4. The number of nitrogens with zero attached hydrogens (tertiary/aromatic N) is 4. The molecule has 2 aromatic carbocycles. The fourth-order valence-electron chi connectivity index (χ4n) is 4.48. The van der Waals surface area contributed by atoms with Crippen LogP contribution in [0.1, 0.15) is 18.4 Å². The number of carbonyl (C=O) groups is 1. The number of sulfonamides is 1. The van der Waals surface area contributed by atoms with E-state index in [2.05, 4.69) is 19.6 Å². The normalized spacial score (nSPS) is 18.3. The number of hydrogen-bond donors (Lipinski definition) is 1. The second kappa shape index (κ2) is 8.64. The molecule has 1 aromatic heterocycles. The molecule has 1 fully saturated rings. The van der Waals surface area contributed by atoms with Gasteiger partial charge in [0.25, 0.3) is 10.0 Å². The van der Waals surface area contributed by atoms with Crippen molar-refractivity contribution in [2.24, 2.45) is 0 Å². The molecule has 1 N–H and O–H groups in total. The highest BCUT2D eigenvalue weighted by Gasteiger charge is 2.38. The number of benzene rings is 2. The van der Waals surface area contributed by atoms with Gasteiger partial charge in [-0.15, -0.1) is 0 Å². The number of halogens is 1. The van der Waals surface area contributed by atoms with Crippen LogP contribution in [0.3, 0.4) is 0 Å². The summed E-state index contributed by atoms with van der Waals surface area (Å²) in [5.74, 6) is 0.210. The van der Waals surface area contributed by atoms with Crippen LogP contribution < -0.4 is 14.5 Å². The van der Waals surface area contributed by atoms with Gasteiger partial charge in [0.2, 0.25) is 5.91 Å².